The van der Waals surface area contributed by atoms with Crippen LogP contribution in [-0.4, -0.2) is 16.3 Å². The van der Waals surface area contributed by atoms with Gasteiger partial charge in [0.15, 0.2) is 0 Å². The molecule has 1 aliphatic carbocycles. The summed E-state index contributed by atoms with van der Waals surface area (Å²) >= 11 is 0. The Labute approximate surface area is 93.5 Å². The highest BCUT2D eigenvalue weighted by atomic mass is 16.3. The molecule has 0 saturated heterocycles. The van der Waals surface area contributed by atoms with Crippen LogP contribution in [0.1, 0.15) is 5.56 Å². The SMILES string of the molecule is Nc1c(O)cccc1C1(O)C=CC=CC1N. The zero-order valence-corrected chi connectivity index (χ0v) is 8.67. The Balaban J connectivity index is 2.55. The molecule has 6 N–H and O–H groups in total. The molecule has 1 aromatic rings. The number of nitrogen functional groups attached to an aromatic ring is 1. The number of phenols is 1. The third-order valence-corrected chi connectivity index (χ3v) is 2.80. The van der Waals surface area contributed by atoms with Gasteiger partial charge in [-0.05, 0) is 12.1 Å². The summed E-state index contributed by atoms with van der Waals surface area (Å²) < 4.78 is 0. The average molecular weight is 218 g/mol. The Morgan fingerprint density at radius 1 is 1.25 bits per heavy atom. The molecule has 2 atom stereocenters. The number of aliphatic hydroxyl groups is 1. The lowest BCUT2D eigenvalue weighted by atomic mass is 9.83. The summed E-state index contributed by atoms with van der Waals surface area (Å²) in [6, 6.07) is 4.16. The van der Waals surface area contributed by atoms with E-state index in [1.54, 1.807) is 36.4 Å². The summed E-state index contributed by atoms with van der Waals surface area (Å²) in [7, 11) is 0. The lowest BCUT2D eigenvalue weighted by Gasteiger charge is -2.32. The van der Waals surface area contributed by atoms with Gasteiger partial charge in [0.05, 0.1) is 11.7 Å². The summed E-state index contributed by atoms with van der Waals surface area (Å²) in [6.07, 6.45) is 6.72. The maximum absolute atomic E-state index is 10.5. The molecule has 0 fully saturated rings. The Morgan fingerprint density at radius 2 is 2.00 bits per heavy atom. The van der Waals surface area contributed by atoms with Crippen LogP contribution in [0.15, 0.2) is 42.5 Å². The van der Waals surface area contributed by atoms with Crippen LogP contribution in [0.25, 0.3) is 0 Å². The number of anilines is 1. The molecular weight excluding hydrogens is 204 g/mol. The largest absolute Gasteiger partial charge is 0.506 e. The maximum Gasteiger partial charge on any atom is 0.138 e. The minimum Gasteiger partial charge on any atom is -0.506 e. The number of hydrogen-bond acceptors (Lipinski definition) is 4. The van der Waals surface area contributed by atoms with Gasteiger partial charge in [-0.2, -0.15) is 0 Å². The van der Waals surface area contributed by atoms with Crippen molar-refractivity contribution in [2.24, 2.45) is 5.73 Å². The van der Waals surface area contributed by atoms with Gasteiger partial charge >= 0.3 is 0 Å². The van der Waals surface area contributed by atoms with Gasteiger partial charge in [-0.3, -0.25) is 0 Å². The highest BCUT2D eigenvalue weighted by Gasteiger charge is 2.35. The molecule has 0 saturated carbocycles. The smallest absolute Gasteiger partial charge is 0.138 e. The number of para-hydroxylation sites is 1. The molecule has 16 heavy (non-hydrogen) atoms. The zero-order chi connectivity index (χ0) is 11.8. The molecule has 0 heterocycles. The predicted octanol–water partition coefficient (Wildman–Crippen LogP) is 0.615. The molecule has 0 spiro atoms. The first-order valence-electron chi connectivity index (χ1n) is 4.97. The molecule has 2 unspecified atom stereocenters. The van der Waals surface area contributed by atoms with Crippen LogP contribution in [0.2, 0.25) is 0 Å². The van der Waals surface area contributed by atoms with Crippen molar-refractivity contribution in [1.82, 2.24) is 0 Å². The van der Waals surface area contributed by atoms with Gasteiger partial charge in [0.25, 0.3) is 0 Å². The van der Waals surface area contributed by atoms with E-state index in [2.05, 4.69) is 0 Å². The summed E-state index contributed by atoms with van der Waals surface area (Å²) in [6.45, 7) is 0. The average Bonchev–Trinajstić information content (AvgIpc) is 2.26. The van der Waals surface area contributed by atoms with Crippen LogP contribution < -0.4 is 11.5 Å². The number of nitrogens with two attached hydrogens (primary N) is 2. The van der Waals surface area contributed by atoms with Crippen molar-refractivity contribution in [3.63, 3.8) is 0 Å². The van der Waals surface area contributed by atoms with E-state index in [0.717, 1.165) is 0 Å². The molecule has 1 aromatic carbocycles. The fourth-order valence-electron chi connectivity index (χ4n) is 1.82. The lowest BCUT2D eigenvalue weighted by molar-refractivity contribution is 0.0747. The Bertz CT molecular complexity index is 468. The number of phenolic OH excluding ortho intramolecular Hbond substituents is 1. The lowest BCUT2D eigenvalue weighted by Crippen LogP contribution is -2.44. The molecule has 0 amide bonds. The minimum atomic E-state index is -1.36. The van der Waals surface area contributed by atoms with Crippen LogP contribution in [-0.2, 0) is 5.60 Å². The first kappa shape index (κ1) is 10.7. The van der Waals surface area contributed by atoms with Crippen molar-refractivity contribution in [2.75, 3.05) is 5.73 Å². The summed E-state index contributed by atoms with van der Waals surface area (Å²) in [5, 5.41) is 20.0. The fraction of sp³-hybridized carbons (Fsp3) is 0.167. The van der Waals surface area contributed by atoms with Crippen LogP contribution >= 0.6 is 0 Å². The van der Waals surface area contributed by atoms with E-state index in [-0.39, 0.29) is 11.4 Å². The first-order chi connectivity index (χ1) is 7.55. The van der Waals surface area contributed by atoms with Gasteiger partial charge < -0.3 is 21.7 Å². The predicted molar refractivity (Wildman–Crippen MR) is 62.7 cm³/mol. The van der Waals surface area contributed by atoms with Crippen molar-refractivity contribution in [1.29, 1.82) is 0 Å². The van der Waals surface area contributed by atoms with Crippen LogP contribution in [0.5, 0.6) is 5.75 Å². The number of allylic oxidation sites excluding steroid dienone is 2. The van der Waals surface area contributed by atoms with Crippen molar-refractivity contribution in [2.45, 2.75) is 11.6 Å². The normalized spacial score (nSPS) is 28.2. The van der Waals surface area contributed by atoms with Gasteiger partial charge in [-0.15, -0.1) is 0 Å². The fourth-order valence-corrected chi connectivity index (χ4v) is 1.82. The van der Waals surface area contributed by atoms with E-state index in [1.165, 1.54) is 6.07 Å². The van der Waals surface area contributed by atoms with Crippen LogP contribution in [0, 0.1) is 0 Å². The van der Waals surface area contributed by atoms with E-state index in [1.807, 2.05) is 0 Å². The molecule has 0 radical (unpaired) electrons. The second kappa shape index (κ2) is 3.66. The number of benzene rings is 1. The first-order valence-corrected chi connectivity index (χ1v) is 4.97. The number of aromatic hydroxyl groups is 1. The molecule has 0 bridgehead atoms. The molecule has 1 aliphatic rings. The van der Waals surface area contributed by atoms with Gasteiger partial charge in [0, 0.05) is 5.56 Å². The summed E-state index contributed by atoms with van der Waals surface area (Å²) in [5.74, 6) is -0.0546. The van der Waals surface area contributed by atoms with E-state index in [0.29, 0.717) is 5.56 Å². The Kier molecular flexibility index (Phi) is 2.46. The van der Waals surface area contributed by atoms with Gasteiger partial charge in [-0.1, -0.05) is 30.4 Å². The topological polar surface area (TPSA) is 92.5 Å². The molecule has 4 heteroatoms. The van der Waals surface area contributed by atoms with Crippen LogP contribution in [0.4, 0.5) is 5.69 Å². The standard InChI is InChI=1S/C12H14N2O2/c13-10-6-1-2-7-12(10,16)8-4-3-5-9(15)11(8)14/h1-7,10,15-16H,13-14H2. The van der Waals surface area contributed by atoms with E-state index in [4.69, 9.17) is 11.5 Å². The Hall–Kier alpha value is -1.78. The summed E-state index contributed by atoms with van der Waals surface area (Å²) in [4.78, 5) is 0. The van der Waals surface area contributed by atoms with Gasteiger partial charge in [-0.25, -0.2) is 0 Å². The van der Waals surface area contributed by atoms with Gasteiger partial charge in [0.2, 0.25) is 0 Å². The molecule has 84 valence electrons. The van der Waals surface area contributed by atoms with E-state index < -0.39 is 11.6 Å². The third kappa shape index (κ3) is 1.48. The maximum atomic E-state index is 10.5. The molecular formula is C12H14N2O2. The van der Waals surface area contributed by atoms with Crippen molar-refractivity contribution < 1.29 is 10.2 Å². The molecule has 0 aromatic heterocycles. The van der Waals surface area contributed by atoms with E-state index >= 15 is 0 Å². The minimum absolute atomic E-state index is 0.0546. The van der Waals surface area contributed by atoms with Crippen molar-refractivity contribution in [3.8, 4) is 5.75 Å². The van der Waals surface area contributed by atoms with Crippen molar-refractivity contribution >= 4 is 5.69 Å². The Morgan fingerprint density at radius 3 is 2.69 bits per heavy atom. The molecule has 2 rings (SSSR count). The second-order valence-corrected chi connectivity index (χ2v) is 3.83. The highest BCUT2D eigenvalue weighted by molar-refractivity contribution is 5.61. The van der Waals surface area contributed by atoms with Gasteiger partial charge in [0.1, 0.15) is 11.4 Å². The zero-order valence-electron chi connectivity index (χ0n) is 8.67. The van der Waals surface area contributed by atoms with Crippen molar-refractivity contribution in [3.05, 3.63) is 48.1 Å². The number of hydrogen-bond donors (Lipinski definition) is 4. The second-order valence-electron chi connectivity index (χ2n) is 3.83. The third-order valence-electron chi connectivity index (χ3n) is 2.80. The van der Waals surface area contributed by atoms with E-state index in [9.17, 15) is 10.2 Å². The molecule has 4 nitrogen and oxygen atoms in total. The monoisotopic (exact) mass is 218 g/mol. The van der Waals surface area contributed by atoms with Crippen LogP contribution in [0.3, 0.4) is 0 Å². The summed E-state index contributed by atoms with van der Waals surface area (Å²) in [5.41, 5.74) is 10.8. The number of rotatable bonds is 1. The molecule has 0 aliphatic heterocycles. The highest BCUT2D eigenvalue weighted by Crippen LogP contribution is 2.36. The quantitative estimate of drug-likeness (QED) is 0.410.